The summed E-state index contributed by atoms with van der Waals surface area (Å²) in [6.45, 7) is 1.83. The van der Waals surface area contributed by atoms with Gasteiger partial charge in [-0.25, -0.2) is 17.9 Å². The van der Waals surface area contributed by atoms with Crippen LogP contribution in [0.15, 0.2) is 28.1 Å². The third kappa shape index (κ3) is 3.19. The highest BCUT2D eigenvalue weighted by Gasteiger charge is 2.28. The Morgan fingerprint density at radius 1 is 1.45 bits per heavy atom. The molecule has 2 rings (SSSR count). The molecule has 6 nitrogen and oxygen atoms in total. The zero-order valence-electron chi connectivity index (χ0n) is 10.9. The van der Waals surface area contributed by atoms with E-state index in [4.69, 9.17) is 0 Å². The van der Waals surface area contributed by atoms with Crippen LogP contribution in [0.3, 0.4) is 0 Å². The summed E-state index contributed by atoms with van der Waals surface area (Å²) in [5.41, 5.74) is 0.758. The Morgan fingerprint density at radius 2 is 2.15 bits per heavy atom. The van der Waals surface area contributed by atoms with Gasteiger partial charge >= 0.3 is 0 Å². The van der Waals surface area contributed by atoms with Crippen LogP contribution < -0.4 is 4.72 Å². The topological polar surface area (TPSA) is 92.7 Å². The number of hydrogen-bond donors (Lipinski definition) is 1. The molecule has 0 unspecified atom stereocenters. The van der Waals surface area contributed by atoms with Gasteiger partial charge in [0.25, 0.3) is 5.91 Å². The number of sulfonamides is 1. The third-order valence-corrected chi connectivity index (χ3v) is 4.57. The maximum Gasteiger partial charge on any atom is 0.288 e. The van der Waals surface area contributed by atoms with Gasteiger partial charge in [-0.05, 0) is 37.0 Å². The second-order valence-electron chi connectivity index (χ2n) is 4.58. The molecule has 20 heavy (non-hydrogen) atoms. The van der Waals surface area contributed by atoms with E-state index in [2.05, 4.69) is 9.71 Å². The number of benzene rings is 1. The summed E-state index contributed by atoms with van der Waals surface area (Å²) >= 11 is 0. The smallest absolute Gasteiger partial charge is 0.266 e. The predicted octanol–water partition coefficient (Wildman–Crippen LogP) is 1.17. The summed E-state index contributed by atoms with van der Waals surface area (Å²) in [6, 6.07) is 4.25. The fourth-order valence-corrected chi connectivity index (χ4v) is 3.15. The number of amides is 1. The second-order valence-corrected chi connectivity index (χ2v) is 6.29. The minimum Gasteiger partial charge on any atom is -0.266 e. The van der Waals surface area contributed by atoms with E-state index in [1.54, 1.807) is 6.07 Å². The normalized spacial score (nSPS) is 14.7. The van der Waals surface area contributed by atoms with Gasteiger partial charge in [0.15, 0.2) is 0 Å². The van der Waals surface area contributed by atoms with E-state index >= 15 is 0 Å². The number of aliphatic imine (C=N–C) groups is 1. The second kappa shape index (κ2) is 5.66. The molecule has 1 aliphatic carbocycles. The molecular formula is C13H14N2O4S. The van der Waals surface area contributed by atoms with Crippen molar-refractivity contribution >= 4 is 22.0 Å². The first-order chi connectivity index (χ1) is 9.47. The maximum atomic E-state index is 12.1. The number of aryl methyl sites for hydroxylation is 1. The molecule has 1 aromatic rings. The van der Waals surface area contributed by atoms with Gasteiger partial charge < -0.3 is 0 Å². The lowest BCUT2D eigenvalue weighted by molar-refractivity contribution is 0.100. The molecule has 1 fully saturated rings. The number of nitrogens with one attached hydrogen (secondary N) is 1. The predicted molar refractivity (Wildman–Crippen MR) is 71.6 cm³/mol. The molecule has 0 bridgehead atoms. The SMILES string of the molecule is CCc1ccc(S(=O)(=O)NC2CC2)cc1C(=O)N=C=O. The highest BCUT2D eigenvalue weighted by Crippen LogP contribution is 2.23. The first-order valence-corrected chi connectivity index (χ1v) is 7.73. The minimum absolute atomic E-state index is 0.00560. The lowest BCUT2D eigenvalue weighted by Crippen LogP contribution is -2.26. The van der Waals surface area contributed by atoms with Crippen molar-refractivity contribution in [1.29, 1.82) is 0 Å². The molecule has 0 atom stereocenters. The number of hydrogen-bond acceptors (Lipinski definition) is 4. The molecular weight excluding hydrogens is 280 g/mol. The Morgan fingerprint density at radius 3 is 2.70 bits per heavy atom. The number of rotatable bonds is 5. The average molecular weight is 294 g/mol. The van der Waals surface area contributed by atoms with Crippen molar-refractivity contribution in [3.05, 3.63) is 29.3 Å². The molecule has 0 saturated heterocycles. The van der Waals surface area contributed by atoms with Gasteiger partial charge in [0, 0.05) is 11.6 Å². The van der Waals surface area contributed by atoms with Crippen molar-refractivity contribution in [2.75, 3.05) is 0 Å². The lowest BCUT2D eigenvalue weighted by Gasteiger charge is -2.09. The van der Waals surface area contributed by atoms with E-state index < -0.39 is 15.9 Å². The van der Waals surface area contributed by atoms with E-state index in [0.29, 0.717) is 12.0 Å². The van der Waals surface area contributed by atoms with Crippen LogP contribution in [0.25, 0.3) is 0 Å². The van der Waals surface area contributed by atoms with Gasteiger partial charge in [0.05, 0.1) is 4.90 Å². The van der Waals surface area contributed by atoms with Gasteiger partial charge in [-0.3, -0.25) is 4.79 Å². The number of carbonyl (C=O) groups is 1. The van der Waals surface area contributed by atoms with Crippen LogP contribution >= 0.6 is 0 Å². The average Bonchev–Trinajstić information content (AvgIpc) is 3.21. The molecule has 1 aromatic carbocycles. The first kappa shape index (κ1) is 14.6. The molecule has 0 radical (unpaired) electrons. The Balaban J connectivity index is 2.43. The third-order valence-electron chi connectivity index (χ3n) is 3.05. The Bertz CT molecular complexity index is 686. The maximum absolute atomic E-state index is 12.1. The fraction of sp³-hybridized carbons (Fsp3) is 0.385. The molecule has 1 aliphatic rings. The quantitative estimate of drug-likeness (QED) is 0.651. The summed E-state index contributed by atoms with van der Waals surface area (Å²) in [7, 11) is -3.64. The van der Waals surface area contributed by atoms with Crippen molar-refractivity contribution in [2.45, 2.75) is 37.1 Å². The molecule has 0 aromatic heterocycles. The zero-order valence-corrected chi connectivity index (χ0v) is 11.7. The van der Waals surface area contributed by atoms with Gasteiger partial charge in [-0.1, -0.05) is 13.0 Å². The van der Waals surface area contributed by atoms with Crippen LogP contribution in [0.2, 0.25) is 0 Å². The summed E-state index contributed by atoms with van der Waals surface area (Å²) in [5.74, 6) is -0.777. The number of isocyanates is 1. The highest BCUT2D eigenvalue weighted by molar-refractivity contribution is 7.89. The number of carbonyl (C=O) groups excluding carboxylic acids is 2. The largest absolute Gasteiger partial charge is 0.288 e. The van der Waals surface area contributed by atoms with Crippen molar-refractivity contribution < 1.29 is 18.0 Å². The van der Waals surface area contributed by atoms with Gasteiger partial charge in [-0.15, -0.1) is 4.99 Å². The van der Waals surface area contributed by atoms with Crippen molar-refractivity contribution in [3.8, 4) is 0 Å². The zero-order chi connectivity index (χ0) is 14.8. The summed E-state index contributed by atoms with van der Waals surface area (Å²) in [5, 5.41) is 0. The van der Waals surface area contributed by atoms with Crippen molar-refractivity contribution in [3.63, 3.8) is 0 Å². The molecule has 106 valence electrons. The Hall–Kier alpha value is -1.82. The van der Waals surface area contributed by atoms with E-state index in [9.17, 15) is 18.0 Å². The van der Waals surface area contributed by atoms with E-state index in [1.165, 1.54) is 18.2 Å². The summed E-state index contributed by atoms with van der Waals surface area (Å²) in [6.07, 6.45) is 3.37. The minimum atomic E-state index is -3.64. The lowest BCUT2D eigenvalue weighted by atomic mass is 10.1. The molecule has 7 heteroatoms. The molecule has 1 amide bonds. The molecule has 0 heterocycles. The Kier molecular flexibility index (Phi) is 4.13. The van der Waals surface area contributed by atoms with Crippen LogP contribution in [0.5, 0.6) is 0 Å². The van der Waals surface area contributed by atoms with E-state index in [-0.39, 0.29) is 16.5 Å². The molecule has 1 N–H and O–H groups in total. The first-order valence-electron chi connectivity index (χ1n) is 6.25. The van der Waals surface area contributed by atoms with Crippen molar-refractivity contribution in [2.24, 2.45) is 4.99 Å². The number of nitrogens with zero attached hydrogens (tertiary/aromatic N) is 1. The summed E-state index contributed by atoms with van der Waals surface area (Å²) in [4.78, 5) is 24.9. The molecule has 0 aliphatic heterocycles. The van der Waals surface area contributed by atoms with Crippen LogP contribution in [0.1, 0.15) is 35.7 Å². The Labute approximate surface area is 117 Å². The van der Waals surface area contributed by atoms with Crippen LogP contribution in [-0.4, -0.2) is 26.4 Å². The summed E-state index contributed by atoms with van der Waals surface area (Å²) < 4.78 is 26.7. The van der Waals surface area contributed by atoms with Crippen LogP contribution in [0.4, 0.5) is 0 Å². The highest BCUT2D eigenvalue weighted by atomic mass is 32.2. The molecule has 1 saturated carbocycles. The fourth-order valence-electron chi connectivity index (χ4n) is 1.82. The van der Waals surface area contributed by atoms with Gasteiger partial charge in [-0.2, -0.15) is 0 Å². The molecule has 0 spiro atoms. The van der Waals surface area contributed by atoms with Crippen LogP contribution in [-0.2, 0) is 21.2 Å². The van der Waals surface area contributed by atoms with Crippen molar-refractivity contribution in [1.82, 2.24) is 4.72 Å². The van der Waals surface area contributed by atoms with E-state index in [0.717, 1.165) is 12.8 Å². The van der Waals surface area contributed by atoms with Gasteiger partial charge in [0.2, 0.25) is 16.1 Å². The standard InChI is InChI=1S/C13H14N2O4S/c1-2-9-3-6-11(7-12(9)13(17)14-8-16)20(18,19)15-10-4-5-10/h3,6-7,10,15H,2,4-5H2,1H3. The monoisotopic (exact) mass is 294 g/mol. The van der Waals surface area contributed by atoms with Crippen LogP contribution in [0, 0.1) is 0 Å². The van der Waals surface area contributed by atoms with Gasteiger partial charge in [0.1, 0.15) is 0 Å². The van der Waals surface area contributed by atoms with E-state index in [1.807, 2.05) is 6.92 Å².